The van der Waals surface area contributed by atoms with E-state index >= 15 is 0 Å². The van der Waals surface area contributed by atoms with E-state index in [0.29, 0.717) is 12.1 Å². The number of thioether (sulfide) groups is 1. The Morgan fingerprint density at radius 2 is 1.95 bits per heavy atom. The molecule has 2 aliphatic rings. The SMILES string of the molecule is CCC1(CC)C(N=C(N)N2CCSCC2)CC1OC.I. The predicted molar refractivity (Wildman–Crippen MR) is 98.2 cm³/mol. The lowest BCUT2D eigenvalue weighted by atomic mass is 9.59. The van der Waals surface area contributed by atoms with Crippen LogP contribution in [0.2, 0.25) is 0 Å². The maximum absolute atomic E-state index is 6.20. The molecule has 2 unspecified atom stereocenters. The summed E-state index contributed by atoms with van der Waals surface area (Å²) < 4.78 is 5.61. The molecule has 2 atom stereocenters. The number of halogens is 1. The Balaban J connectivity index is 0.00000200. The van der Waals surface area contributed by atoms with Gasteiger partial charge >= 0.3 is 0 Å². The number of nitrogens with zero attached hydrogens (tertiary/aromatic N) is 2. The number of aliphatic imine (C=N–C) groups is 1. The van der Waals surface area contributed by atoms with Crippen molar-refractivity contribution in [3.63, 3.8) is 0 Å². The lowest BCUT2D eigenvalue weighted by Crippen LogP contribution is -2.57. The average Bonchev–Trinajstić information content (AvgIpc) is 2.45. The molecule has 0 radical (unpaired) electrons. The summed E-state index contributed by atoms with van der Waals surface area (Å²) in [6.07, 6.45) is 3.58. The van der Waals surface area contributed by atoms with Crippen molar-refractivity contribution in [1.29, 1.82) is 0 Å². The largest absolute Gasteiger partial charge is 0.381 e. The first-order valence-electron chi connectivity index (χ1n) is 7.36. The number of methoxy groups -OCH3 is 1. The van der Waals surface area contributed by atoms with Crippen LogP contribution in [0.3, 0.4) is 0 Å². The van der Waals surface area contributed by atoms with Gasteiger partial charge in [-0.3, -0.25) is 0 Å². The first-order chi connectivity index (χ1) is 9.17. The number of hydrogen-bond donors (Lipinski definition) is 1. The molecule has 20 heavy (non-hydrogen) atoms. The molecular formula is C14H28IN3OS. The van der Waals surface area contributed by atoms with Crippen LogP contribution in [-0.2, 0) is 4.74 Å². The summed E-state index contributed by atoms with van der Waals surface area (Å²) in [5.41, 5.74) is 6.40. The molecule has 118 valence electrons. The molecular weight excluding hydrogens is 385 g/mol. The molecule has 6 heteroatoms. The van der Waals surface area contributed by atoms with E-state index in [1.54, 1.807) is 0 Å². The van der Waals surface area contributed by atoms with Gasteiger partial charge in [-0.05, 0) is 19.3 Å². The third kappa shape index (κ3) is 3.38. The minimum atomic E-state index is 0. The number of hydrogen-bond acceptors (Lipinski definition) is 3. The Morgan fingerprint density at radius 1 is 1.35 bits per heavy atom. The quantitative estimate of drug-likeness (QED) is 0.437. The van der Waals surface area contributed by atoms with Crippen LogP contribution in [0.1, 0.15) is 33.1 Å². The molecule has 2 N–H and O–H groups in total. The van der Waals surface area contributed by atoms with E-state index in [9.17, 15) is 0 Å². The summed E-state index contributed by atoms with van der Waals surface area (Å²) in [6.45, 7) is 6.55. The molecule has 0 bridgehead atoms. The lowest BCUT2D eigenvalue weighted by molar-refractivity contribution is -0.112. The van der Waals surface area contributed by atoms with Crippen molar-refractivity contribution >= 4 is 41.7 Å². The molecule has 1 heterocycles. The van der Waals surface area contributed by atoms with Gasteiger partial charge in [-0.25, -0.2) is 4.99 Å². The second kappa shape index (κ2) is 8.08. The van der Waals surface area contributed by atoms with Gasteiger partial charge in [0.25, 0.3) is 0 Å². The van der Waals surface area contributed by atoms with Gasteiger partial charge in [0.1, 0.15) is 0 Å². The van der Waals surface area contributed by atoms with Crippen molar-refractivity contribution in [3.05, 3.63) is 0 Å². The second-order valence-electron chi connectivity index (χ2n) is 5.50. The first-order valence-corrected chi connectivity index (χ1v) is 8.52. The summed E-state index contributed by atoms with van der Waals surface area (Å²) in [5.74, 6) is 3.06. The number of ether oxygens (including phenoxy) is 1. The molecule has 1 saturated carbocycles. The Kier molecular flexibility index (Phi) is 7.41. The minimum absolute atomic E-state index is 0. The molecule has 0 aromatic heterocycles. The van der Waals surface area contributed by atoms with Gasteiger partial charge in [-0.15, -0.1) is 24.0 Å². The Morgan fingerprint density at radius 3 is 2.45 bits per heavy atom. The van der Waals surface area contributed by atoms with E-state index in [1.165, 1.54) is 0 Å². The summed E-state index contributed by atoms with van der Waals surface area (Å²) in [5, 5.41) is 0. The third-order valence-corrected chi connectivity index (χ3v) is 5.91. The van der Waals surface area contributed by atoms with Gasteiger partial charge < -0.3 is 15.4 Å². The summed E-state index contributed by atoms with van der Waals surface area (Å²) in [4.78, 5) is 7.06. The van der Waals surface area contributed by atoms with Gasteiger partial charge in [0, 0.05) is 37.1 Å². The van der Waals surface area contributed by atoms with Crippen molar-refractivity contribution in [3.8, 4) is 0 Å². The van der Waals surface area contributed by atoms with Crippen LogP contribution in [0, 0.1) is 5.41 Å². The molecule has 0 amide bonds. The van der Waals surface area contributed by atoms with Crippen molar-refractivity contribution in [2.24, 2.45) is 16.1 Å². The number of rotatable bonds is 4. The van der Waals surface area contributed by atoms with E-state index < -0.39 is 0 Å². The first kappa shape index (κ1) is 18.4. The number of nitrogens with two attached hydrogens (primary N) is 1. The number of guanidine groups is 1. The Labute approximate surface area is 144 Å². The van der Waals surface area contributed by atoms with Gasteiger partial charge in [-0.1, -0.05) is 13.8 Å². The average molecular weight is 413 g/mol. The van der Waals surface area contributed by atoms with E-state index in [-0.39, 0.29) is 29.4 Å². The van der Waals surface area contributed by atoms with Crippen LogP contribution in [0.15, 0.2) is 4.99 Å². The van der Waals surface area contributed by atoms with E-state index in [2.05, 4.69) is 18.7 Å². The maximum Gasteiger partial charge on any atom is 0.191 e. The maximum atomic E-state index is 6.20. The van der Waals surface area contributed by atoms with Crippen molar-refractivity contribution in [2.75, 3.05) is 31.7 Å². The zero-order valence-electron chi connectivity index (χ0n) is 12.8. The third-order valence-electron chi connectivity index (χ3n) is 4.97. The van der Waals surface area contributed by atoms with Crippen LogP contribution in [-0.4, -0.2) is 54.7 Å². The standard InChI is InChI=1S/C14H27N3OS.HI/c1-4-14(5-2)11(10-12(14)18-3)16-13(15)17-6-8-19-9-7-17;/h11-12H,4-10H2,1-3H3,(H2,15,16);1H. The van der Waals surface area contributed by atoms with Gasteiger partial charge in [0.2, 0.25) is 0 Å². The Hall–Kier alpha value is 0.310. The predicted octanol–water partition coefficient (Wildman–Crippen LogP) is 2.56. The molecule has 1 aliphatic carbocycles. The molecule has 0 aromatic rings. The van der Waals surface area contributed by atoms with Crippen molar-refractivity contribution in [1.82, 2.24) is 4.90 Å². The van der Waals surface area contributed by atoms with Crippen LogP contribution < -0.4 is 5.73 Å². The van der Waals surface area contributed by atoms with E-state index in [0.717, 1.165) is 49.8 Å². The van der Waals surface area contributed by atoms with E-state index in [1.807, 2.05) is 18.9 Å². The smallest absolute Gasteiger partial charge is 0.191 e. The Bertz CT molecular complexity index is 330. The zero-order valence-corrected chi connectivity index (χ0v) is 15.9. The van der Waals surface area contributed by atoms with Gasteiger partial charge in [0.15, 0.2) is 5.96 Å². The fourth-order valence-electron chi connectivity index (χ4n) is 3.45. The van der Waals surface area contributed by atoms with Crippen molar-refractivity contribution < 1.29 is 4.74 Å². The molecule has 0 aromatic carbocycles. The molecule has 2 rings (SSSR count). The highest BCUT2D eigenvalue weighted by atomic mass is 127. The summed E-state index contributed by atoms with van der Waals surface area (Å²) >= 11 is 2.00. The fourth-order valence-corrected chi connectivity index (χ4v) is 4.35. The fraction of sp³-hybridized carbons (Fsp3) is 0.929. The monoisotopic (exact) mass is 413 g/mol. The minimum Gasteiger partial charge on any atom is -0.381 e. The van der Waals surface area contributed by atoms with Crippen molar-refractivity contribution in [2.45, 2.75) is 45.3 Å². The summed E-state index contributed by atoms with van der Waals surface area (Å²) in [7, 11) is 1.82. The van der Waals surface area contributed by atoms with E-state index in [4.69, 9.17) is 15.5 Å². The van der Waals surface area contributed by atoms with Crippen LogP contribution in [0.5, 0.6) is 0 Å². The highest BCUT2D eigenvalue weighted by Gasteiger charge is 2.53. The van der Waals surface area contributed by atoms with Crippen LogP contribution in [0.25, 0.3) is 0 Å². The summed E-state index contributed by atoms with van der Waals surface area (Å²) in [6, 6.07) is 0.335. The topological polar surface area (TPSA) is 50.8 Å². The van der Waals surface area contributed by atoms with Gasteiger partial charge in [0.05, 0.1) is 12.1 Å². The molecule has 4 nitrogen and oxygen atoms in total. The highest BCUT2D eigenvalue weighted by Crippen LogP contribution is 2.50. The molecule has 2 fully saturated rings. The van der Waals surface area contributed by atoms with Gasteiger partial charge in [-0.2, -0.15) is 11.8 Å². The second-order valence-corrected chi connectivity index (χ2v) is 6.73. The molecule has 1 saturated heterocycles. The van der Waals surface area contributed by atoms with Crippen LogP contribution in [0.4, 0.5) is 0 Å². The molecule has 1 aliphatic heterocycles. The lowest BCUT2D eigenvalue weighted by Gasteiger charge is -2.53. The molecule has 0 spiro atoms. The highest BCUT2D eigenvalue weighted by molar-refractivity contribution is 14.0. The normalized spacial score (nSPS) is 29.6. The van der Waals surface area contributed by atoms with Crippen LogP contribution >= 0.6 is 35.7 Å². The zero-order chi connectivity index (χ0) is 13.9.